The summed E-state index contributed by atoms with van der Waals surface area (Å²) in [6, 6.07) is 27.3. The number of rotatable bonds is 28. The molecule has 4 aromatic carbocycles. The summed E-state index contributed by atoms with van der Waals surface area (Å²) in [5.74, 6) is 2.14. The molecule has 59 heavy (non-hydrogen) atoms. The van der Waals surface area contributed by atoms with E-state index in [9.17, 15) is 25.9 Å². The molecular formula is C48H66CaO8S2. The van der Waals surface area contributed by atoms with Crippen LogP contribution in [-0.2, 0) is 33.1 Å². The summed E-state index contributed by atoms with van der Waals surface area (Å²) in [5, 5.41) is 0. The molecule has 0 N–H and O–H groups in total. The molecule has 0 heterocycles. The van der Waals surface area contributed by atoms with Crippen LogP contribution < -0.4 is 9.47 Å². The zero-order chi connectivity index (χ0) is 41.9. The minimum atomic E-state index is -4.51. The summed E-state index contributed by atoms with van der Waals surface area (Å²) >= 11 is 0. The molecule has 4 rings (SSSR count). The van der Waals surface area contributed by atoms with Gasteiger partial charge in [0.25, 0.3) is 0 Å². The minimum Gasteiger partial charge on any atom is -0.744 e. The summed E-state index contributed by atoms with van der Waals surface area (Å²) in [6.45, 7) is 4.48. The second-order valence-electron chi connectivity index (χ2n) is 15.1. The van der Waals surface area contributed by atoms with Crippen molar-refractivity contribution in [1.82, 2.24) is 0 Å². The number of para-hydroxylation sites is 2. The maximum absolute atomic E-state index is 11.4. The summed E-state index contributed by atoms with van der Waals surface area (Å²) in [7, 11) is -9.02. The Hall–Kier alpha value is -2.44. The Balaban J connectivity index is 0.000000400. The second-order valence-corrected chi connectivity index (χ2v) is 17.9. The van der Waals surface area contributed by atoms with Gasteiger partial charge in [0.2, 0.25) is 0 Å². The monoisotopic (exact) mass is 874 g/mol. The van der Waals surface area contributed by atoms with Crippen LogP contribution in [0.15, 0.2) is 107 Å². The Labute approximate surface area is 386 Å². The molecule has 0 aliphatic carbocycles. The Kier molecular flexibility index (Phi) is 27.3. The molecule has 11 heteroatoms. The Morgan fingerprint density at radius 2 is 0.695 bits per heavy atom. The van der Waals surface area contributed by atoms with Gasteiger partial charge in [-0.1, -0.05) is 178 Å². The predicted octanol–water partition coefficient (Wildman–Crippen LogP) is 13.3. The summed E-state index contributed by atoms with van der Waals surface area (Å²) in [5.41, 5.74) is 1.86. The predicted molar refractivity (Wildman–Crippen MR) is 239 cm³/mol. The van der Waals surface area contributed by atoms with Crippen LogP contribution in [0.25, 0.3) is 0 Å². The van der Waals surface area contributed by atoms with Gasteiger partial charge in [0.1, 0.15) is 43.2 Å². The first-order valence-electron chi connectivity index (χ1n) is 21.6. The molecule has 0 aromatic heterocycles. The maximum atomic E-state index is 11.4. The summed E-state index contributed by atoms with van der Waals surface area (Å²) in [6.07, 6.45) is 26.9. The van der Waals surface area contributed by atoms with Gasteiger partial charge < -0.3 is 18.6 Å². The van der Waals surface area contributed by atoms with Gasteiger partial charge in [0, 0.05) is 0 Å². The Bertz CT molecular complexity index is 1780. The van der Waals surface area contributed by atoms with E-state index in [0.717, 1.165) is 49.7 Å². The van der Waals surface area contributed by atoms with Crippen molar-refractivity contribution >= 4 is 58.0 Å². The molecule has 0 bridgehead atoms. The fourth-order valence-corrected chi connectivity index (χ4v) is 7.79. The molecular weight excluding hydrogens is 809 g/mol. The molecule has 0 aliphatic rings. The van der Waals surface area contributed by atoms with Crippen LogP contribution in [0.5, 0.6) is 23.0 Å². The first-order valence-corrected chi connectivity index (χ1v) is 24.5. The molecule has 0 spiro atoms. The molecule has 0 amide bonds. The standard InChI is InChI=1S/2C24H34O4S.Ca/c2*1-2-3-4-5-6-7-8-9-10-12-15-21-18-19-23(29(25,26)27)20-24(21)28-22-16-13-11-14-17-22;/h2*11,13-14,16-20H,2-10,12,15H2,1H3,(H,25,26,27);/q;;+2/p-2. The van der Waals surface area contributed by atoms with E-state index in [0.29, 0.717) is 23.0 Å². The van der Waals surface area contributed by atoms with E-state index in [-0.39, 0.29) is 47.5 Å². The zero-order valence-electron chi connectivity index (χ0n) is 35.6. The van der Waals surface area contributed by atoms with Crippen LogP contribution >= 0.6 is 0 Å². The average Bonchev–Trinajstić information content (AvgIpc) is 3.20. The van der Waals surface area contributed by atoms with Gasteiger partial charge >= 0.3 is 37.7 Å². The molecule has 8 nitrogen and oxygen atoms in total. The number of hydrogen-bond donors (Lipinski definition) is 0. The first-order chi connectivity index (χ1) is 28.0. The molecule has 0 saturated heterocycles. The largest absolute Gasteiger partial charge is 2.00 e. The summed E-state index contributed by atoms with van der Waals surface area (Å²) in [4.78, 5) is -0.509. The molecule has 0 atom stereocenters. The number of unbranched alkanes of at least 4 members (excludes halogenated alkanes) is 18. The Morgan fingerprint density at radius 3 is 0.983 bits per heavy atom. The SMILES string of the molecule is CCCCCCCCCCCCc1ccc(S(=O)(=O)[O-])cc1Oc1ccccc1.CCCCCCCCCCCCc1ccc(S(=O)(=O)[O-])cc1Oc1ccccc1.[Ca+2]. The number of hydrogen-bond acceptors (Lipinski definition) is 8. The van der Waals surface area contributed by atoms with Crippen molar-refractivity contribution in [1.29, 1.82) is 0 Å². The minimum absolute atomic E-state index is 0. The van der Waals surface area contributed by atoms with Gasteiger partial charge in [0.05, 0.1) is 9.79 Å². The van der Waals surface area contributed by atoms with Gasteiger partial charge in [-0.25, -0.2) is 16.8 Å². The third kappa shape index (κ3) is 22.8. The van der Waals surface area contributed by atoms with Crippen LogP contribution in [0.3, 0.4) is 0 Å². The normalized spacial score (nSPS) is 11.3. The number of aryl methyl sites for hydroxylation is 2. The van der Waals surface area contributed by atoms with Gasteiger partial charge in [0.15, 0.2) is 0 Å². The van der Waals surface area contributed by atoms with Gasteiger partial charge in [-0.3, -0.25) is 0 Å². The van der Waals surface area contributed by atoms with Crippen molar-refractivity contribution in [2.45, 2.75) is 165 Å². The molecule has 0 saturated carbocycles. The van der Waals surface area contributed by atoms with E-state index in [4.69, 9.17) is 9.47 Å². The van der Waals surface area contributed by atoms with Crippen LogP contribution in [0.4, 0.5) is 0 Å². The Morgan fingerprint density at radius 1 is 0.407 bits per heavy atom. The van der Waals surface area contributed by atoms with Crippen LogP contribution in [0.2, 0.25) is 0 Å². The topological polar surface area (TPSA) is 133 Å². The van der Waals surface area contributed by atoms with Gasteiger partial charge in [-0.05, 0) is 85.3 Å². The van der Waals surface area contributed by atoms with E-state index in [1.54, 1.807) is 12.1 Å². The zero-order valence-corrected chi connectivity index (χ0v) is 39.4. The first kappa shape index (κ1) is 52.7. The summed E-state index contributed by atoms with van der Waals surface area (Å²) < 4.78 is 80.1. The van der Waals surface area contributed by atoms with Crippen molar-refractivity contribution in [2.75, 3.05) is 0 Å². The molecule has 0 radical (unpaired) electrons. The number of benzene rings is 4. The molecule has 320 valence electrons. The van der Waals surface area contributed by atoms with E-state index in [1.807, 2.05) is 60.7 Å². The van der Waals surface area contributed by atoms with E-state index < -0.39 is 20.2 Å². The smallest absolute Gasteiger partial charge is 0.744 e. The van der Waals surface area contributed by atoms with E-state index in [1.165, 1.54) is 127 Å². The molecule has 0 fully saturated rings. The fourth-order valence-electron chi connectivity index (χ4n) is 6.82. The van der Waals surface area contributed by atoms with E-state index >= 15 is 0 Å². The number of ether oxygens (including phenoxy) is 2. The van der Waals surface area contributed by atoms with Crippen LogP contribution in [0.1, 0.15) is 153 Å². The van der Waals surface area contributed by atoms with Gasteiger partial charge in [-0.2, -0.15) is 0 Å². The molecule has 0 unspecified atom stereocenters. The van der Waals surface area contributed by atoms with Crippen molar-refractivity contribution < 1.29 is 35.4 Å². The second kappa shape index (κ2) is 30.6. The fraction of sp³-hybridized carbons (Fsp3) is 0.500. The van der Waals surface area contributed by atoms with Crippen molar-refractivity contribution in [2.24, 2.45) is 0 Å². The third-order valence-electron chi connectivity index (χ3n) is 10.2. The third-order valence-corrected chi connectivity index (χ3v) is 11.9. The van der Waals surface area contributed by atoms with Gasteiger partial charge in [-0.15, -0.1) is 0 Å². The van der Waals surface area contributed by atoms with Crippen LogP contribution in [0, 0.1) is 0 Å². The average molecular weight is 875 g/mol. The van der Waals surface area contributed by atoms with Crippen LogP contribution in [-0.4, -0.2) is 63.7 Å². The molecule has 0 aliphatic heterocycles. The van der Waals surface area contributed by atoms with E-state index in [2.05, 4.69) is 13.8 Å². The maximum Gasteiger partial charge on any atom is 2.00 e. The van der Waals surface area contributed by atoms with Crippen molar-refractivity contribution in [3.05, 3.63) is 108 Å². The molecule has 4 aromatic rings. The van der Waals surface area contributed by atoms with Crippen molar-refractivity contribution in [3.8, 4) is 23.0 Å². The quantitative estimate of drug-likeness (QED) is 0.0313. The van der Waals surface area contributed by atoms with Crippen molar-refractivity contribution in [3.63, 3.8) is 0 Å².